The zero-order chi connectivity index (χ0) is 13.1. The van der Waals surface area contributed by atoms with E-state index in [4.69, 9.17) is 0 Å². The number of hydrogen-bond acceptors (Lipinski definition) is 5. The van der Waals surface area contributed by atoms with Crippen LogP contribution in [0.5, 0.6) is 0 Å². The summed E-state index contributed by atoms with van der Waals surface area (Å²) < 4.78 is 1.10. The van der Waals surface area contributed by atoms with Crippen LogP contribution in [0, 0.1) is 19.9 Å². The summed E-state index contributed by atoms with van der Waals surface area (Å²) in [4.78, 5) is 14.8. The van der Waals surface area contributed by atoms with Crippen LogP contribution in [-0.4, -0.2) is 9.91 Å². The third kappa shape index (κ3) is 3.16. The highest BCUT2D eigenvalue weighted by Gasteiger charge is 2.13. The highest BCUT2D eigenvalue weighted by molar-refractivity contribution is 14.1. The van der Waals surface area contributed by atoms with E-state index in [1.807, 2.05) is 13.0 Å². The van der Waals surface area contributed by atoms with Crippen molar-refractivity contribution < 1.29 is 4.92 Å². The van der Waals surface area contributed by atoms with Gasteiger partial charge in [0.15, 0.2) is 0 Å². The molecule has 1 aromatic carbocycles. The fourth-order valence-electron chi connectivity index (χ4n) is 1.48. The number of nitrogens with zero attached hydrogens (tertiary/aromatic N) is 2. The molecule has 0 bridgehead atoms. The van der Waals surface area contributed by atoms with E-state index >= 15 is 0 Å². The van der Waals surface area contributed by atoms with Crippen molar-refractivity contribution in [3.63, 3.8) is 0 Å². The van der Waals surface area contributed by atoms with Gasteiger partial charge in [-0.1, -0.05) is 6.07 Å². The zero-order valence-electron chi connectivity index (χ0n) is 9.51. The van der Waals surface area contributed by atoms with E-state index in [-0.39, 0.29) is 10.6 Å². The third-order valence-corrected chi connectivity index (χ3v) is 4.03. The molecule has 0 atom stereocenters. The molecule has 94 valence electrons. The second kappa shape index (κ2) is 5.61. The molecule has 1 aromatic heterocycles. The van der Waals surface area contributed by atoms with Gasteiger partial charge in [-0.3, -0.25) is 10.1 Å². The number of aryl methyl sites for hydroxylation is 1. The minimum Gasteiger partial charge on any atom is -0.373 e. The maximum Gasteiger partial charge on any atom is 0.292 e. The Morgan fingerprint density at radius 2 is 2.33 bits per heavy atom. The molecular weight excluding hydrogens is 365 g/mol. The van der Waals surface area contributed by atoms with Crippen LogP contribution in [-0.2, 0) is 6.54 Å². The monoisotopic (exact) mass is 375 g/mol. The van der Waals surface area contributed by atoms with Gasteiger partial charge in [-0.25, -0.2) is 4.98 Å². The van der Waals surface area contributed by atoms with E-state index in [0.29, 0.717) is 12.2 Å². The van der Waals surface area contributed by atoms with Crippen molar-refractivity contribution in [2.45, 2.75) is 13.5 Å². The smallest absolute Gasteiger partial charge is 0.292 e. The average Bonchev–Trinajstić information content (AvgIpc) is 2.73. The molecule has 2 aromatic rings. The molecule has 18 heavy (non-hydrogen) atoms. The van der Waals surface area contributed by atoms with Crippen molar-refractivity contribution in [1.29, 1.82) is 0 Å². The summed E-state index contributed by atoms with van der Waals surface area (Å²) >= 11 is 3.76. The Balaban J connectivity index is 2.16. The number of aromatic nitrogens is 1. The van der Waals surface area contributed by atoms with E-state index in [1.165, 1.54) is 0 Å². The van der Waals surface area contributed by atoms with Gasteiger partial charge in [0.05, 0.1) is 20.5 Å². The SMILES string of the molecule is Cc1ccc(NCc2ncc(I)s2)c([N+](=O)[O-])c1. The molecule has 0 aliphatic heterocycles. The number of halogens is 1. The highest BCUT2D eigenvalue weighted by Crippen LogP contribution is 2.26. The molecule has 0 saturated heterocycles. The lowest BCUT2D eigenvalue weighted by molar-refractivity contribution is -0.384. The summed E-state index contributed by atoms with van der Waals surface area (Å²) in [6.45, 7) is 2.33. The van der Waals surface area contributed by atoms with Gasteiger partial charge in [0, 0.05) is 6.07 Å². The van der Waals surface area contributed by atoms with Crippen LogP contribution in [0.15, 0.2) is 24.4 Å². The molecule has 0 saturated carbocycles. The first-order chi connectivity index (χ1) is 8.56. The van der Waals surface area contributed by atoms with Gasteiger partial charge < -0.3 is 5.32 Å². The minimum atomic E-state index is -0.374. The number of nitrogens with one attached hydrogen (secondary N) is 1. The first kappa shape index (κ1) is 13.2. The fourth-order valence-corrected chi connectivity index (χ4v) is 2.96. The van der Waals surface area contributed by atoms with Crippen molar-refractivity contribution in [3.05, 3.63) is 48.0 Å². The van der Waals surface area contributed by atoms with E-state index in [1.54, 1.807) is 29.7 Å². The molecule has 0 spiro atoms. The average molecular weight is 375 g/mol. The van der Waals surface area contributed by atoms with E-state index < -0.39 is 0 Å². The highest BCUT2D eigenvalue weighted by atomic mass is 127. The molecular formula is C11H10IN3O2S. The van der Waals surface area contributed by atoms with Crippen LogP contribution in [0.25, 0.3) is 0 Å². The predicted octanol–water partition coefficient (Wildman–Crippen LogP) is 3.58. The lowest BCUT2D eigenvalue weighted by Gasteiger charge is -2.05. The van der Waals surface area contributed by atoms with Crippen LogP contribution in [0.1, 0.15) is 10.6 Å². The number of hydrogen-bond donors (Lipinski definition) is 1. The Morgan fingerprint density at radius 3 is 2.94 bits per heavy atom. The summed E-state index contributed by atoms with van der Waals surface area (Å²) in [6.07, 6.45) is 1.78. The van der Waals surface area contributed by atoms with Crippen molar-refractivity contribution in [3.8, 4) is 0 Å². The number of rotatable bonds is 4. The number of benzene rings is 1. The molecule has 5 nitrogen and oxygen atoms in total. The van der Waals surface area contributed by atoms with E-state index in [0.717, 1.165) is 13.5 Å². The van der Waals surface area contributed by atoms with Crippen LogP contribution in [0.2, 0.25) is 0 Å². The first-order valence-corrected chi connectivity index (χ1v) is 7.05. The fraction of sp³-hybridized carbons (Fsp3) is 0.182. The topological polar surface area (TPSA) is 68.1 Å². The Labute approximate surface area is 122 Å². The molecule has 7 heteroatoms. The molecule has 1 N–H and O–H groups in total. The molecule has 0 radical (unpaired) electrons. The lowest BCUT2D eigenvalue weighted by Crippen LogP contribution is -2.02. The van der Waals surface area contributed by atoms with Gasteiger partial charge in [0.2, 0.25) is 0 Å². The normalized spacial score (nSPS) is 10.3. The Kier molecular flexibility index (Phi) is 4.12. The molecule has 0 unspecified atom stereocenters. The molecule has 0 aliphatic carbocycles. The zero-order valence-corrected chi connectivity index (χ0v) is 12.5. The minimum absolute atomic E-state index is 0.0984. The standard InChI is InChI=1S/C11H10IN3O2S/c1-7-2-3-8(9(4-7)15(16)17)13-6-11-14-5-10(12)18-11/h2-5,13H,6H2,1H3. The van der Waals surface area contributed by atoms with E-state index in [9.17, 15) is 10.1 Å². The Bertz CT molecular complexity index is 585. The molecule has 0 amide bonds. The Hall–Kier alpha value is -1.22. The maximum absolute atomic E-state index is 10.9. The van der Waals surface area contributed by atoms with Gasteiger partial charge in [0.25, 0.3) is 5.69 Å². The van der Waals surface area contributed by atoms with Gasteiger partial charge in [-0.2, -0.15) is 0 Å². The number of anilines is 1. The number of nitro benzene ring substituents is 1. The Morgan fingerprint density at radius 1 is 1.56 bits per heavy atom. The summed E-state index contributed by atoms with van der Waals surface area (Å²) in [5.41, 5.74) is 1.49. The molecule has 1 heterocycles. The molecule has 0 fully saturated rings. The quantitative estimate of drug-likeness (QED) is 0.504. The lowest BCUT2D eigenvalue weighted by atomic mass is 10.2. The third-order valence-electron chi connectivity index (χ3n) is 2.31. The van der Waals surface area contributed by atoms with Gasteiger partial charge >= 0.3 is 0 Å². The molecule has 2 rings (SSSR count). The molecule has 0 aliphatic rings. The largest absolute Gasteiger partial charge is 0.373 e. The predicted molar refractivity (Wildman–Crippen MR) is 80.0 cm³/mol. The van der Waals surface area contributed by atoms with Crippen LogP contribution in [0.3, 0.4) is 0 Å². The van der Waals surface area contributed by atoms with Crippen molar-refractivity contribution in [2.24, 2.45) is 0 Å². The van der Waals surface area contributed by atoms with Gasteiger partial charge in [-0.05, 0) is 41.1 Å². The summed E-state index contributed by atoms with van der Waals surface area (Å²) in [6, 6.07) is 5.14. The summed E-state index contributed by atoms with van der Waals surface area (Å²) in [5.74, 6) is 0. The number of thiazole rings is 1. The number of nitro groups is 1. The van der Waals surface area contributed by atoms with Gasteiger partial charge in [0.1, 0.15) is 10.7 Å². The summed E-state index contributed by atoms with van der Waals surface area (Å²) in [7, 11) is 0. The second-order valence-electron chi connectivity index (χ2n) is 3.69. The van der Waals surface area contributed by atoms with Crippen LogP contribution in [0.4, 0.5) is 11.4 Å². The van der Waals surface area contributed by atoms with Crippen molar-refractivity contribution in [2.75, 3.05) is 5.32 Å². The van der Waals surface area contributed by atoms with Crippen LogP contribution < -0.4 is 5.32 Å². The van der Waals surface area contributed by atoms with Crippen molar-refractivity contribution in [1.82, 2.24) is 4.98 Å². The van der Waals surface area contributed by atoms with Crippen LogP contribution >= 0.6 is 33.9 Å². The van der Waals surface area contributed by atoms with Gasteiger partial charge in [-0.15, -0.1) is 11.3 Å². The first-order valence-electron chi connectivity index (χ1n) is 5.15. The van der Waals surface area contributed by atoms with E-state index in [2.05, 4.69) is 32.9 Å². The van der Waals surface area contributed by atoms with Crippen molar-refractivity contribution >= 4 is 45.3 Å². The summed E-state index contributed by atoms with van der Waals surface area (Å²) in [5, 5.41) is 14.9. The second-order valence-corrected chi connectivity index (χ2v) is 6.70. The maximum atomic E-state index is 10.9.